The van der Waals surface area contributed by atoms with Crippen molar-refractivity contribution in [1.82, 2.24) is 5.32 Å². The molecule has 0 bridgehead atoms. The molecule has 4 N–H and O–H groups in total. The van der Waals surface area contributed by atoms with Crippen LogP contribution in [0.1, 0.15) is 31.1 Å². The highest BCUT2D eigenvalue weighted by Crippen LogP contribution is 2.12. The van der Waals surface area contributed by atoms with E-state index in [0.717, 1.165) is 0 Å². The first kappa shape index (κ1) is 17.0. The molecule has 7 nitrogen and oxygen atoms in total. The van der Waals surface area contributed by atoms with Gasteiger partial charge in [-0.15, -0.1) is 0 Å². The summed E-state index contributed by atoms with van der Waals surface area (Å²) < 4.78 is 5.09. The summed E-state index contributed by atoms with van der Waals surface area (Å²) in [5, 5.41) is 23.5. The van der Waals surface area contributed by atoms with Crippen molar-refractivity contribution in [3.05, 3.63) is 23.8 Å². The second kappa shape index (κ2) is 6.60. The first-order chi connectivity index (χ1) is 9.64. The largest absolute Gasteiger partial charge is 0.489 e. The summed E-state index contributed by atoms with van der Waals surface area (Å²) in [5.74, 6) is -0.457. The molecule has 1 rings (SSSR count). The van der Waals surface area contributed by atoms with E-state index in [9.17, 15) is 19.6 Å². The highest BCUT2D eigenvalue weighted by molar-refractivity contribution is 6.60. The molecule has 0 aliphatic rings. The highest BCUT2D eigenvalue weighted by atomic mass is 16.6. The predicted molar refractivity (Wildman–Crippen MR) is 79.5 cm³/mol. The predicted octanol–water partition coefficient (Wildman–Crippen LogP) is 0.0730. The van der Waals surface area contributed by atoms with Gasteiger partial charge in [-0.2, -0.15) is 0 Å². The van der Waals surface area contributed by atoms with Crippen molar-refractivity contribution in [2.75, 3.05) is 12.4 Å². The van der Waals surface area contributed by atoms with Crippen LogP contribution < -0.4 is 16.1 Å². The molecular formula is C13H19BN2O5. The van der Waals surface area contributed by atoms with Crippen LogP contribution in [-0.2, 0) is 4.74 Å². The Morgan fingerprint density at radius 1 is 1.24 bits per heavy atom. The number of ether oxygens (including phenoxy) is 1. The van der Waals surface area contributed by atoms with Gasteiger partial charge in [-0.1, -0.05) is 0 Å². The second-order valence-corrected chi connectivity index (χ2v) is 5.38. The normalized spacial score (nSPS) is 10.8. The van der Waals surface area contributed by atoms with Gasteiger partial charge in [0.1, 0.15) is 5.60 Å². The van der Waals surface area contributed by atoms with Crippen LogP contribution in [0.15, 0.2) is 18.2 Å². The number of hydrogen-bond donors (Lipinski definition) is 4. The SMILES string of the molecule is CNC(=O)c1ccc(NC(=O)OC(C)(C)C)cc1B(O)O. The van der Waals surface area contributed by atoms with Crippen molar-refractivity contribution in [1.29, 1.82) is 0 Å². The smallest absolute Gasteiger partial charge is 0.444 e. The molecule has 0 spiro atoms. The molecule has 0 saturated heterocycles. The van der Waals surface area contributed by atoms with E-state index in [1.807, 2.05) is 0 Å². The summed E-state index contributed by atoms with van der Waals surface area (Å²) in [7, 11) is -0.402. The molecule has 0 unspecified atom stereocenters. The Morgan fingerprint density at radius 2 is 1.86 bits per heavy atom. The minimum absolute atomic E-state index is 0.0112. The number of carbonyl (C=O) groups excluding carboxylic acids is 2. The van der Waals surface area contributed by atoms with Gasteiger partial charge < -0.3 is 20.1 Å². The molecule has 0 radical (unpaired) electrons. The van der Waals surface area contributed by atoms with Crippen LogP contribution >= 0.6 is 0 Å². The maximum atomic E-state index is 11.6. The van der Waals surface area contributed by atoms with Gasteiger partial charge in [0, 0.05) is 18.3 Å². The second-order valence-electron chi connectivity index (χ2n) is 5.38. The molecule has 0 saturated carbocycles. The van der Waals surface area contributed by atoms with Gasteiger partial charge >= 0.3 is 13.2 Å². The maximum absolute atomic E-state index is 11.6. The van der Waals surface area contributed by atoms with Gasteiger partial charge in [0.05, 0.1) is 0 Å². The van der Waals surface area contributed by atoms with Crippen molar-refractivity contribution in [2.24, 2.45) is 0 Å². The number of nitrogens with one attached hydrogen (secondary N) is 2. The molecule has 21 heavy (non-hydrogen) atoms. The van der Waals surface area contributed by atoms with Crippen LogP contribution in [0.2, 0.25) is 0 Å². The highest BCUT2D eigenvalue weighted by Gasteiger charge is 2.22. The number of amides is 2. The third-order valence-electron chi connectivity index (χ3n) is 2.45. The Morgan fingerprint density at radius 3 is 2.33 bits per heavy atom. The first-order valence-electron chi connectivity index (χ1n) is 6.36. The standard InChI is InChI=1S/C13H19BN2O5/c1-13(2,3)21-12(18)16-8-5-6-9(11(17)15-4)10(7-8)14(19)20/h5-7,19-20H,1-4H3,(H,15,17)(H,16,18). The molecule has 0 atom stereocenters. The molecule has 114 valence electrons. The van der Waals surface area contributed by atoms with E-state index < -0.39 is 24.7 Å². The van der Waals surface area contributed by atoms with Gasteiger partial charge in [-0.25, -0.2) is 4.79 Å². The van der Waals surface area contributed by atoms with E-state index in [1.54, 1.807) is 20.8 Å². The van der Waals surface area contributed by atoms with E-state index in [1.165, 1.54) is 25.2 Å². The summed E-state index contributed by atoms with van der Waals surface area (Å²) >= 11 is 0. The fourth-order valence-electron chi connectivity index (χ4n) is 1.62. The molecule has 1 aromatic rings. The van der Waals surface area contributed by atoms with Crippen LogP contribution in [0.5, 0.6) is 0 Å². The molecule has 0 heterocycles. The third-order valence-corrected chi connectivity index (χ3v) is 2.45. The summed E-state index contributed by atoms with van der Waals surface area (Å²) in [5.41, 5.74) is -0.254. The molecule has 0 aromatic heterocycles. The lowest BCUT2D eigenvalue weighted by molar-refractivity contribution is 0.0635. The average Bonchev–Trinajstić information content (AvgIpc) is 2.35. The molecule has 1 aromatic carbocycles. The van der Waals surface area contributed by atoms with E-state index in [-0.39, 0.29) is 11.0 Å². The summed E-state index contributed by atoms with van der Waals surface area (Å²) in [6, 6.07) is 4.17. The number of rotatable bonds is 3. The van der Waals surface area contributed by atoms with Gasteiger partial charge in [0.2, 0.25) is 0 Å². The lowest BCUT2D eigenvalue weighted by atomic mass is 9.76. The number of benzene rings is 1. The lowest BCUT2D eigenvalue weighted by Gasteiger charge is -2.20. The minimum Gasteiger partial charge on any atom is -0.444 e. The van der Waals surface area contributed by atoms with Crippen LogP contribution in [0, 0.1) is 0 Å². The average molecular weight is 294 g/mol. The van der Waals surface area contributed by atoms with Crippen LogP contribution in [-0.4, -0.2) is 41.8 Å². The number of carbonyl (C=O) groups is 2. The molecule has 2 amide bonds. The molecule has 0 fully saturated rings. The Hall–Kier alpha value is -2.06. The first-order valence-corrected chi connectivity index (χ1v) is 6.36. The minimum atomic E-state index is -1.84. The molecule has 0 aliphatic carbocycles. The topological polar surface area (TPSA) is 108 Å². The Labute approximate surface area is 123 Å². The third kappa shape index (κ3) is 5.09. The van der Waals surface area contributed by atoms with Gasteiger partial charge in [0.15, 0.2) is 0 Å². The molecule has 0 aliphatic heterocycles. The van der Waals surface area contributed by atoms with Gasteiger partial charge in [-0.3, -0.25) is 10.1 Å². The Balaban J connectivity index is 2.99. The zero-order chi connectivity index (χ0) is 16.2. The molecular weight excluding hydrogens is 275 g/mol. The van der Waals surface area contributed by atoms with Crippen molar-refractivity contribution in [2.45, 2.75) is 26.4 Å². The summed E-state index contributed by atoms with van der Waals surface area (Å²) in [6.45, 7) is 5.18. The van der Waals surface area contributed by atoms with E-state index in [2.05, 4.69) is 10.6 Å². The van der Waals surface area contributed by atoms with Crippen LogP contribution in [0.3, 0.4) is 0 Å². The maximum Gasteiger partial charge on any atom is 0.489 e. The van der Waals surface area contributed by atoms with Gasteiger partial charge in [0.25, 0.3) is 5.91 Å². The van der Waals surface area contributed by atoms with Crippen molar-refractivity contribution in [3.63, 3.8) is 0 Å². The van der Waals surface area contributed by atoms with Gasteiger partial charge in [-0.05, 0) is 44.4 Å². The zero-order valence-corrected chi connectivity index (χ0v) is 12.4. The number of hydrogen-bond acceptors (Lipinski definition) is 5. The quantitative estimate of drug-likeness (QED) is 0.590. The summed E-state index contributed by atoms with van der Waals surface area (Å²) in [4.78, 5) is 23.3. The van der Waals surface area contributed by atoms with E-state index in [0.29, 0.717) is 5.69 Å². The number of anilines is 1. The van der Waals surface area contributed by atoms with E-state index >= 15 is 0 Å². The lowest BCUT2D eigenvalue weighted by Crippen LogP contribution is -2.37. The molecule has 8 heteroatoms. The van der Waals surface area contributed by atoms with E-state index in [4.69, 9.17) is 4.74 Å². The Kier molecular flexibility index (Phi) is 5.34. The van der Waals surface area contributed by atoms with Crippen LogP contribution in [0.4, 0.5) is 10.5 Å². The van der Waals surface area contributed by atoms with Crippen LogP contribution in [0.25, 0.3) is 0 Å². The van der Waals surface area contributed by atoms with Crippen molar-refractivity contribution < 1.29 is 24.4 Å². The van der Waals surface area contributed by atoms with Crippen molar-refractivity contribution in [3.8, 4) is 0 Å². The zero-order valence-electron chi connectivity index (χ0n) is 12.4. The fourth-order valence-corrected chi connectivity index (χ4v) is 1.62. The van der Waals surface area contributed by atoms with Crippen molar-refractivity contribution >= 4 is 30.3 Å². The fraction of sp³-hybridized carbons (Fsp3) is 0.385. The monoisotopic (exact) mass is 294 g/mol. The Bertz CT molecular complexity index is 540. The summed E-state index contributed by atoms with van der Waals surface area (Å²) in [6.07, 6.45) is -0.673.